The standard InChI is InChI=1S/C11H10O4/c12-10-9(11(13)15-7-14-10)6-8-4-2-1-3-5-8/h1-5,9H,6-7H2. The third-order valence-electron chi connectivity index (χ3n) is 2.25. The maximum absolute atomic E-state index is 11.3. The second-order valence-electron chi connectivity index (χ2n) is 3.29. The Morgan fingerprint density at radius 3 is 2.27 bits per heavy atom. The van der Waals surface area contributed by atoms with Crippen LogP contribution in [0.3, 0.4) is 0 Å². The fraction of sp³-hybridized carbons (Fsp3) is 0.273. The van der Waals surface area contributed by atoms with Crippen molar-refractivity contribution in [3.63, 3.8) is 0 Å². The molecule has 0 bridgehead atoms. The fourth-order valence-electron chi connectivity index (χ4n) is 1.46. The van der Waals surface area contributed by atoms with Gasteiger partial charge in [-0.3, -0.25) is 9.59 Å². The van der Waals surface area contributed by atoms with E-state index in [1.807, 2.05) is 30.3 Å². The highest BCUT2D eigenvalue weighted by atomic mass is 16.7. The van der Waals surface area contributed by atoms with Crippen LogP contribution in [-0.2, 0) is 25.5 Å². The SMILES string of the molecule is O=C1OCOC(=O)C1Cc1ccccc1. The highest BCUT2D eigenvalue weighted by molar-refractivity contribution is 5.96. The van der Waals surface area contributed by atoms with E-state index >= 15 is 0 Å². The average molecular weight is 206 g/mol. The van der Waals surface area contributed by atoms with Gasteiger partial charge < -0.3 is 9.47 Å². The number of hydrogen-bond donors (Lipinski definition) is 0. The lowest BCUT2D eigenvalue weighted by Gasteiger charge is -2.19. The first-order chi connectivity index (χ1) is 7.27. The molecule has 1 saturated heterocycles. The Kier molecular flexibility index (Phi) is 2.67. The molecule has 1 fully saturated rings. The van der Waals surface area contributed by atoms with Gasteiger partial charge in [0.05, 0.1) is 0 Å². The van der Waals surface area contributed by atoms with E-state index in [1.165, 1.54) is 0 Å². The lowest BCUT2D eigenvalue weighted by Crippen LogP contribution is -2.36. The quantitative estimate of drug-likeness (QED) is 0.533. The molecule has 0 aromatic heterocycles. The summed E-state index contributed by atoms with van der Waals surface area (Å²) < 4.78 is 9.30. The minimum atomic E-state index is -0.818. The van der Waals surface area contributed by atoms with E-state index in [0.717, 1.165) is 5.56 Å². The third-order valence-corrected chi connectivity index (χ3v) is 2.25. The van der Waals surface area contributed by atoms with Crippen molar-refractivity contribution in [1.29, 1.82) is 0 Å². The van der Waals surface area contributed by atoms with Crippen LogP contribution in [0.2, 0.25) is 0 Å². The molecule has 1 aromatic carbocycles. The molecule has 1 heterocycles. The average Bonchev–Trinajstić information content (AvgIpc) is 2.25. The maximum atomic E-state index is 11.3. The highest BCUT2D eigenvalue weighted by Crippen LogP contribution is 2.15. The Morgan fingerprint density at radius 1 is 1.07 bits per heavy atom. The predicted molar refractivity (Wildman–Crippen MR) is 50.7 cm³/mol. The van der Waals surface area contributed by atoms with Gasteiger partial charge in [-0.2, -0.15) is 0 Å². The van der Waals surface area contributed by atoms with Crippen molar-refractivity contribution in [2.24, 2.45) is 5.92 Å². The zero-order valence-corrected chi connectivity index (χ0v) is 8.01. The molecule has 4 nitrogen and oxygen atoms in total. The van der Waals surface area contributed by atoms with E-state index in [-0.39, 0.29) is 6.79 Å². The summed E-state index contributed by atoms with van der Waals surface area (Å²) in [5.74, 6) is -1.83. The predicted octanol–water partition coefficient (Wildman–Crippen LogP) is 0.903. The van der Waals surface area contributed by atoms with Crippen molar-refractivity contribution in [3.8, 4) is 0 Å². The third kappa shape index (κ3) is 2.15. The van der Waals surface area contributed by atoms with Gasteiger partial charge in [-0.25, -0.2) is 0 Å². The van der Waals surface area contributed by atoms with Gasteiger partial charge in [-0.05, 0) is 12.0 Å². The smallest absolute Gasteiger partial charge is 0.323 e. The zero-order chi connectivity index (χ0) is 10.7. The highest BCUT2D eigenvalue weighted by Gasteiger charge is 2.33. The maximum Gasteiger partial charge on any atom is 0.323 e. The van der Waals surface area contributed by atoms with Gasteiger partial charge in [0, 0.05) is 0 Å². The van der Waals surface area contributed by atoms with Gasteiger partial charge in [0.25, 0.3) is 0 Å². The number of ether oxygens (including phenoxy) is 2. The zero-order valence-electron chi connectivity index (χ0n) is 8.01. The van der Waals surface area contributed by atoms with Crippen LogP contribution < -0.4 is 0 Å². The van der Waals surface area contributed by atoms with Crippen molar-refractivity contribution in [3.05, 3.63) is 35.9 Å². The lowest BCUT2D eigenvalue weighted by atomic mass is 9.99. The van der Waals surface area contributed by atoms with Crippen molar-refractivity contribution in [2.45, 2.75) is 6.42 Å². The molecular weight excluding hydrogens is 196 g/mol. The molecular formula is C11H10O4. The summed E-state index contributed by atoms with van der Waals surface area (Å²) in [6, 6.07) is 9.30. The molecule has 0 radical (unpaired) electrons. The van der Waals surface area contributed by atoms with Crippen LogP contribution in [0.1, 0.15) is 5.56 Å². The minimum absolute atomic E-state index is 0.261. The van der Waals surface area contributed by atoms with Crippen molar-refractivity contribution < 1.29 is 19.1 Å². The molecule has 0 atom stereocenters. The Hall–Kier alpha value is -1.84. The number of esters is 2. The topological polar surface area (TPSA) is 52.6 Å². The molecule has 0 aliphatic carbocycles. The van der Waals surface area contributed by atoms with Gasteiger partial charge >= 0.3 is 11.9 Å². The number of cyclic esters (lactones) is 2. The molecule has 0 unspecified atom stereocenters. The molecule has 2 rings (SSSR count). The largest absolute Gasteiger partial charge is 0.427 e. The van der Waals surface area contributed by atoms with Crippen LogP contribution in [0.5, 0.6) is 0 Å². The van der Waals surface area contributed by atoms with Crippen LogP contribution >= 0.6 is 0 Å². The number of hydrogen-bond acceptors (Lipinski definition) is 4. The van der Waals surface area contributed by atoms with Crippen LogP contribution in [0, 0.1) is 5.92 Å². The first-order valence-corrected chi connectivity index (χ1v) is 4.64. The summed E-state index contributed by atoms with van der Waals surface area (Å²) in [6.07, 6.45) is 0.332. The summed E-state index contributed by atoms with van der Waals surface area (Å²) in [5.41, 5.74) is 0.915. The van der Waals surface area contributed by atoms with E-state index in [1.54, 1.807) is 0 Å². The molecule has 1 aromatic rings. The van der Waals surface area contributed by atoms with Crippen molar-refractivity contribution in [1.82, 2.24) is 0 Å². The van der Waals surface area contributed by atoms with E-state index in [0.29, 0.717) is 6.42 Å². The number of carbonyl (C=O) groups excluding carboxylic acids is 2. The molecule has 1 aliphatic rings. The van der Waals surface area contributed by atoms with Crippen molar-refractivity contribution in [2.75, 3.05) is 6.79 Å². The second kappa shape index (κ2) is 4.13. The summed E-state index contributed by atoms with van der Waals surface area (Å²) in [7, 11) is 0. The van der Waals surface area contributed by atoms with E-state index in [4.69, 9.17) is 0 Å². The number of carbonyl (C=O) groups is 2. The molecule has 0 spiro atoms. The number of benzene rings is 1. The molecule has 0 saturated carbocycles. The Bertz CT molecular complexity index is 355. The van der Waals surface area contributed by atoms with Crippen molar-refractivity contribution >= 4 is 11.9 Å². The second-order valence-corrected chi connectivity index (χ2v) is 3.29. The normalized spacial score (nSPS) is 17.1. The van der Waals surface area contributed by atoms with Gasteiger partial charge in [0.2, 0.25) is 6.79 Å². The number of rotatable bonds is 2. The summed E-state index contributed by atoms with van der Waals surface area (Å²) >= 11 is 0. The Balaban J connectivity index is 2.10. The van der Waals surface area contributed by atoms with Gasteiger partial charge in [0.15, 0.2) is 5.92 Å². The molecule has 0 N–H and O–H groups in total. The fourth-order valence-corrected chi connectivity index (χ4v) is 1.46. The Labute approximate surface area is 86.8 Å². The van der Waals surface area contributed by atoms with E-state index in [2.05, 4.69) is 9.47 Å². The summed E-state index contributed by atoms with van der Waals surface area (Å²) in [4.78, 5) is 22.6. The first-order valence-electron chi connectivity index (χ1n) is 4.64. The van der Waals surface area contributed by atoms with Crippen LogP contribution in [0.4, 0.5) is 0 Å². The molecule has 1 aliphatic heterocycles. The summed E-state index contributed by atoms with van der Waals surface area (Å²) in [5, 5.41) is 0. The molecule has 78 valence electrons. The van der Waals surface area contributed by atoms with E-state index < -0.39 is 17.9 Å². The summed E-state index contributed by atoms with van der Waals surface area (Å²) in [6.45, 7) is -0.261. The molecule has 4 heteroatoms. The minimum Gasteiger partial charge on any atom is -0.427 e. The van der Waals surface area contributed by atoms with Gasteiger partial charge in [-0.1, -0.05) is 30.3 Å². The first kappa shape index (κ1) is 9.71. The Morgan fingerprint density at radius 2 is 1.67 bits per heavy atom. The van der Waals surface area contributed by atoms with Crippen LogP contribution in [0.25, 0.3) is 0 Å². The van der Waals surface area contributed by atoms with Gasteiger partial charge in [0.1, 0.15) is 0 Å². The van der Waals surface area contributed by atoms with Gasteiger partial charge in [-0.15, -0.1) is 0 Å². The van der Waals surface area contributed by atoms with E-state index in [9.17, 15) is 9.59 Å². The van der Waals surface area contributed by atoms with Crippen LogP contribution in [0.15, 0.2) is 30.3 Å². The lowest BCUT2D eigenvalue weighted by molar-refractivity contribution is -0.189. The molecule has 0 amide bonds. The molecule has 15 heavy (non-hydrogen) atoms. The monoisotopic (exact) mass is 206 g/mol. The van der Waals surface area contributed by atoms with Crippen LogP contribution in [-0.4, -0.2) is 18.7 Å².